The van der Waals surface area contributed by atoms with Crippen molar-refractivity contribution in [2.24, 2.45) is 0 Å². The minimum Gasteiger partial charge on any atom is -0.372 e. The Morgan fingerprint density at radius 2 is 2.19 bits per heavy atom. The lowest BCUT2D eigenvalue weighted by Gasteiger charge is -2.23. The SMILES string of the molecule is CNc1ncc(S(=O)(=O)N(C)C(C)c2cccs2)cc1Cl. The first-order valence-electron chi connectivity index (χ1n) is 6.22. The molecule has 8 heteroatoms. The van der Waals surface area contributed by atoms with Crippen molar-refractivity contribution in [1.29, 1.82) is 0 Å². The quantitative estimate of drug-likeness (QED) is 0.903. The topological polar surface area (TPSA) is 62.3 Å². The van der Waals surface area contributed by atoms with Crippen LogP contribution in [0.3, 0.4) is 0 Å². The molecule has 0 amide bonds. The van der Waals surface area contributed by atoms with Crippen molar-refractivity contribution < 1.29 is 8.42 Å². The molecule has 0 radical (unpaired) electrons. The molecule has 1 unspecified atom stereocenters. The van der Waals surface area contributed by atoms with E-state index in [4.69, 9.17) is 11.6 Å². The molecule has 0 spiro atoms. The Morgan fingerprint density at radius 1 is 1.48 bits per heavy atom. The van der Waals surface area contributed by atoms with Gasteiger partial charge in [-0.3, -0.25) is 0 Å². The monoisotopic (exact) mass is 345 g/mol. The summed E-state index contributed by atoms with van der Waals surface area (Å²) in [6, 6.07) is 4.97. The van der Waals surface area contributed by atoms with Crippen molar-refractivity contribution in [3.8, 4) is 0 Å². The van der Waals surface area contributed by atoms with E-state index in [9.17, 15) is 8.42 Å². The second-order valence-corrected chi connectivity index (χ2v) is 7.85. The van der Waals surface area contributed by atoms with Gasteiger partial charge in [-0.15, -0.1) is 11.3 Å². The maximum Gasteiger partial charge on any atom is 0.244 e. The van der Waals surface area contributed by atoms with Gasteiger partial charge >= 0.3 is 0 Å². The van der Waals surface area contributed by atoms with E-state index in [1.165, 1.54) is 27.9 Å². The first-order valence-corrected chi connectivity index (χ1v) is 8.92. The molecule has 2 aromatic heterocycles. The number of nitrogens with one attached hydrogen (secondary N) is 1. The van der Waals surface area contributed by atoms with Crippen LogP contribution in [0.15, 0.2) is 34.7 Å². The average molecular weight is 346 g/mol. The van der Waals surface area contributed by atoms with E-state index >= 15 is 0 Å². The number of hydrogen-bond acceptors (Lipinski definition) is 5. The molecule has 2 heterocycles. The molecule has 0 saturated heterocycles. The number of hydrogen-bond donors (Lipinski definition) is 1. The molecular formula is C13H16ClN3O2S2. The Hall–Kier alpha value is -1.15. The summed E-state index contributed by atoms with van der Waals surface area (Å²) >= 11 is 7.54. The van der Waals surface area contributed by atoms with Crippen LogP contribution in [0.5, 0.6) is 0 Å². The van der Waals surface area contributed by atoms with Gasteiger partial charge in [0, 0.05) is 25.2 Å². The molecular weight excluding hydrogens is 330 g/mol. The maximum absolute atomic E-state index is 12.6. The second-order valence-electron chi connectivity index (χ2n) is 4.46. The van der Waals surface area contributed by atoms with Gasteiger partial charge in [0.2, 0.25) is 10.0 Å². The summed E-state index contributed by atoms with van der Waals surface area (Å²) in [5.41, 5.74) is 0. The summed E-state index contributed by atoms with van der Waals surface area (Å²) in [6.07, 6.45) is 1.31. The van der Waals surface area contributed by atoms with Crippen LogP contribution in [-0.4, -0.2) is 31.8 Å². The van der Waals surface area contributed by atoms with Crippen LogP contribution in [0.1, 0.15) is 17.8 Å². The van der Waals surface area contributed by atoms with Gasteiger partial charge < -0.3 is 5.32 Å². The van der Waals surface area contributed by atoms with Crippen molar-refractivity contribution in [2.75, 3.05) is 19.4 Å². The third kappa shape index (κ3) is 3.21. The molecule has 1 atom stereocenters. The number of pyridine rings is 1. The fourth-order valence-electron chi connectivity index (χ4n) is 1.83. The summed E-state index contributed by atoms with van der Waals surface area (Å²) in [5, 5.41) is 5.00. The molecule has 2 rings (SSSR count). The highest BCUT2D eigenvalue weighted by molar-refractivity contribution is 7.89. The van der Waals surface area contributed by atoms with Crippen molar-refractivity contribution in [2.45, 2.75) is 17.9 Å². The van der Waals surface area contributed by atoms with Crippen molar-refractivity contribution >= 4 is 38.8 Å². The zero-order valence-electron chi connectivity index (χ0n) is 11.9. The van der Waals surface area contributed by atoms with Gasteiger partial charge in [-0.1, -0.05) is 17.7 Å². The number of nitrogens with zero attached hydrogens (tertiary/aromatic N) is 2. The second kappa shape index (κ2) is 6.31. The van der Waals surface area contributed by atoms with Gasteiger partial charge in [-0.25, -0.2) is 13.4 Å². The first kappa shape index (κ1) is 16.2. The molecule has 1 N–H and O–H groups in total. The molecule has 21 heavy (non-hydrogen) atoms. The zero-order chi connectivity index (χ0) is 15.6. The molecule has 0 bridgehead atoms. The molecule has 0 aliphatic carbocycles. The molecule has 114 valence electrons. The fourth-order valence-corrected chi connectivity index (χ4v) is 4.36. The minimum atomic E-state index is -3.65. The highest BCUT2D eigenvalue weighted by Gasteiger charge is 2.27. The zero-order valence-corrected chi connectivity index (χ0v) is 14.3. The molecule has 0 aliphatic heterocycles. The number of thiophene rings is 1. The van der Waals surface area contributed by atoms with Gasteiger partial charge in [0.05, 0.1) is 11.1 Å². The van der Waals surface area contributed by atoms with E-state index in [0.29, 0.717) is 5.82 Å². The van der Waals surface area contributed by atoms with E-state index in [1.54, 1.807) is 14.1 Å². The van der Waals surface area contributed by atoms with Crippen LogP contribution in [0, 0.1) is 0 Å². The molecule has 0 fully saturated rings. The van der Waals surface area contributed by atoms with Gasteiger partial charge in [-0.05, 0) is 24.4 Å². The lowest BCUT2D eigenvalue weighted by atomic mass is 10.3. The third-order valence-corrected chi connectivity index (χ3v) is 6.45. The van der Waals surface area contributed by atoms with Gasteiger partial charge in [0.25, 0.3) is 0 Å². The van der Waals surface area contributed by atoms with E-state index in [2.05, 4.69) is 10.3 Å². The normalized spacial score (nSPS) is 13.4. The largest absolute Gasteiger partial charge is 0.372 e. The number of aromatic nitrogens is 1. The van der Waals surface area contributed by atoms with Crippen LogP contribution >= 0.6 is 22.9 Å². The van der Waals surface area contributed by atoms with E-state index in [1.807, 2.05) is 24.4 Å². The molecule has 0 aromatic carbocycles. The Labute approximate surface area is 133 Å². The molecule has 0 saturated carbocycles. The van der Waals surface area contributed by atoms with Gasteiger partial charge in [-0.2, -0.15) is 4.31 Å². The van der Waals surface area contributed by atoms with Crippen molar-refractivity contribution in [3.05, 3.63) is 39.7 Å². The lowest BCUT2D eigenvalue weighted by molar-refractivity contribution is 0.402. The maximum atomic E-state index is 12.6. The molecule has 5 nitrogen and oxygen atoms in total. The van der Waals surface area contributed by atoms with Crippen molar-refractivity contribution in [3.63, 3.8) is 0 Å². The number of rotatable bonds is 5. The van der Waals surface area contributed by atoms with Crippen LogP contribution in [-0.2, 0) is 10.0 Å². The number of halogens is 1. The predicted molar refractivity (Wildman–Crippen MR) is 86.5 cm³/mol. The highest BCUT2D eigenvalue weighted by Crippen LogP contribution is 2.30. The highest BCUT2D eigenvalue weighted by atomic mass is 35.5. The molecule has 0 aliphatic rings. The van der Waals surface area contributed by atoms with E-state index < -0.39 is 10.0 Å². The van der Waals surface area contributed by atoms with Crippen LogP contribution in [0.25, 0.3) is 0 Å². The predicted octanol–water partition coefficient (Wildman–Crippen LogP) is 3.22. The third-order valence-electron chi connectivity index (χ3n) is 3.23. The fraction of sp³-hybridized carbons (Fsp3) is 0.308. The summed E-state index contributed by atoms with van der Waals surface area (Å²) in [5.74, 6) is 0.449. The first-order chi connectivity index (χ1) is 9.87. The molecule has 2 aromatic rings. The van der Waals surface area contributed by atoms with Crippen LogP contribution < -0.4 is 5.32 Å². The number of sulfonamides is 1. The summed E-state index contributed by atoms with van der Waals surface area (Å²) < 4.78 is 26.6. The Morgan fingerprint density at radius 3 is 2.71 bits per heavy atom. The Bertz CT molecular complexity index is 717. The Kier molecular flexibility index (Phi) is 4.88. The summed E-state index contributed by atoms with van der Waals surface area (Å²) in [6.45, 7) is 1.85. The van der Waals surface area contributed by atoms with Crippen LogP contribution in [0.4, 0.5) is 5.82 Å². The van der Waals surface area contributed by atoms with Crippen molar-refractivity contribution in [1.82, 2.24) is 9.29 Å². The smallest absolute Gasteiger partial charge is 0.244 e. The average Bonchev–Trinajstić information content (AvgIpc) is 2.99. The van der Waals surface area contributed by atoms with Gasteiger partial charge in [0.1, 0.15) is 10.7 Å². The van der Waals surface area contributed by atoms with Gasteiger partial charge in [0.15, 0.2) is 0 Å². The van der Waals surface area contributed by atoms with Crippen LogP contribution in [0.2, 0.25) is 5.02 Å². The Balaban J connectivity index is 2.35. The summed E-state index contributed by atoms with van der Waals surface area (Å²) in [7, 11) is -0.417. The van der Waals surface area contributed by atoms with E-state index in [0.717, 1.165) is 4.88 Å². The number of anilines is 1. The van der Waals surface area contributed by atoms with E-state index in [-0.39, 0.29) is 16.0 Å². The standard InChI is InChI=1S/C13H16ClN3O2S2/c1-9(12-5-4-6-20-12)17(3)21(18,19)10-7-11(14)13(15-2)16-8-10/h4-9H,1-3H3,(H,15,16). The minimum absolute atomic E-state index is 0.0809. The lowest BCUT2D eigenvalue weighted by Crippen LogP contribution is -2.29. The summed E-state index contributed by atoms with van der Waals surface area (Å²) in [4.78, 5) is 5.08.